The molecule has 0 bridgehead atoms. The van der Waals surface area contributed by atoms with Crippen molar-refractivity contribution >= 4 is 21.9 Å². The average Bonchev–Trinajstić information content (AvgIpc) is 3.88. The Bertz CT molecular complexity index is 2650. The summed E-state index contributed by atoms with van der Waals surface area (Å²) >= 11 is 0. The van der Waals surface area contributed by atoms with Crippen LogP contribution in [-0.4, -0.2) is 83.6 Å². The van der Waals surface area contributed by atoms with Gasteiger partial charge in [-0.3, -0.25) is 18.7 Å². The number of hydrogen-bond donors (Lipinski definition) is 1. The highest BCUT2D eigenvalue weighted by Gasteiger charge is 2.28. The third-order valence-corrected chi connectivity index (χ3v) is 13.5. The third-order valence-electron chi connectivity index (χ3n) is 13.5. The van der Waals surface area contributed by atoms with Gasteiger partial charge < -0.3 is 24.0 Å². The standard InChI is InChI=1S/C23H27FN4O3.C23H27FN4O2/c1-14-17(23(30)28-9-2-3-19(29)22(28)25-14)8-12-27-10-6-15(7-11-27)21-18-5-4-16(24)13-20(18)31-26-21;1-15-18(23(29)28-10-3-2-4-21(28)25-15)9-13-27-11-7-16(8-12-27)22-19-6-5-17(24)14-20(19)30-26-22/h4-5,13,15,19,29H,2-3,6-12H2,1H3;5-6,14,16H,2-4,7-13H2,1H3. The molecule has 6 aromatic rings. The van der Waals surface area contributed by atoms with Crippen LogP contribution in [0.25, 0.3) is 21.9 Å². The number of nitrogens with zero attached hydrogens (tertiary/aromatic N) is 8. The van der Waals surface area contributed by atoms with E-state index in [9.17, 15) is 23.5 Å². The van der Waals surface area contributed by atoms with Crippen LogP contribution >= 0.6 is 0 Å². The zero-order valence-corrected chi connectivity index (χ0v) is 35.0. The van der Waals surface area contributed by atoms with E-state index in [2.05, 4.69) is 25.1 Å². The number of rotatable bonds is 8. The van der Waals surface area contributed by atoms with Crippen molar-refractivity contribution in [2.45, 2.75) is 116 Å². The van der Waals surface area contributed by atoms with Crippen molar-refractivity contribution in [3.63, 3.8) is 0 Å². The number of aliphatic hydroxyl groups excluding tert-OH is 1. The van der Waals surface area contributed by atoms with Crippen molar-refractivity contribution in [3.8, 4) is 0 Å². The van der Waals surface area contributed by atoms with Crippen LogP contribution in [0, 0.1) is 25.5 Å². The number of aliphatic hydroxyl groups is 1. The van der Waals surface area contributed by atoms with Gasteiger partial charge in [0.2, 0.25) is 0 Å². The molecule has 0 aliphatic carbocycles. The largest absolute Gasteiger partial charge is 0.385 e. The Kier molecular flexibility index (Phi) is 12.0. The van der Waals surface area contributed by atoms with Gasteiger partial charge in [0.25, 0.3) is 11.1 Å². The highest BCUT2D eigenvalue weighted by molar-refractivity contribution is 5.80. The summed E-state index contributed by atoms with van der Waals surface area (Å²) < 4.78 is 41.0. The van der Waals surface area contributed by atoms with Crippen LogP contribution in [0.1, 0.15) is 115 Å². The van der Waals surface area contributed by atoms with Gasteiger partial charge in [0.05, 0.1) is 11.4 Å². The molecule has 10 rings (SSSR count). The van der Waals surface area contributed by atoms with Crippen molar-refractivity contribution < 1.29 is 22.9 Å². The van der Waals surface area contributed by atoms with E-state index in [-0.39, 0.29) is 22.8 Å². The highest BCUT2D eigenvalue weighted by Crippen LogP contribution is 2.34. The second-order valence-electron chi connectivity index (χ2n) is 17.3. The predicted molar refractivity (Wildman–Crippen MR) is 226 cm³/mol. The maximum absolute atomic E-state index is 13.4. The topological polar surface area (TPSA) is 149 Å². The average molecular weight is 837 g/mol. The lowest BCUT2D eigenvalue weighted by Crippen LogP contribution is -2.37. The molecule has 15 heteroatoms. The summed E-state index contributed by atoms with van der Waals surface area (Å²) in [5, 5.41) is 20.4. The number of likely N-dealkylation sites (tertiary alicyclic amines) is 2. The molecule has 2 saturated heterocycles. The second-order valence-corrected chi connectivity index (χ2v) is 17.3. The normalized spacial score (nSPS) is 19.2. The first-order valence-corrected chi connectivity index (χ1v) is 22.0. The lowest BCUT2D eigenvalue weighted by molar-refractivity contribution is 0.129. The van der Waals surface area contributed by atoms with E-state index in [0.29, 0.717) is 48.2 Å². The van der Waals surface area contributed by atoms with Crippen molar-refractivity contribution in [1.82, 2.24) is 39.2 Å². The van der Waals surface area contributed by atoms with Gasteiger partial charge in [-0.25, -0.2) is 18.7 Å². The number of halogens is 2. The number of hydrogen-bond acceptors (Lipinski definition) is 11. The maximum Gasteiger partial charge on any atom is 0.257 e. The molecular weight excluding hydrogens is 783 g/mol. The molecule has 0 amide bonds. The van der Waals surface area contributed by atoms with Crippen LogP contribution in [0.3, 0.4) is 0 Å². The summed E-state index contributed by atoms with van der Waals surface area (Å²) in [5.41, 5.74) is 6.28. The molecule has 0 radical (unpaired) electrons. The first kappa shape index (κ1) is 41.2. The Morgan fingerprint density at radius 1 is 0.656 bits per heavy atom. The summed E-state index contributed by atoms with van der Waals surface area (Å²) in [6.07, 6.45) is 9.19. The minimum absolute atomic E-state index is 0.00237. The molecule has 322 valence electrons. The fourth-order valence-corrected chi connectivity index (χ4v) is 9.92. The molecule has 1 N–H and O–H groups in total. The zero-order valence-electron chi connectivity index (χ0n) is 35.0. The molecule has 13 nitrogen and oxygen atoms in total. The molecule has 2 aromatic carbocycles. The quantitative estimate of drug-likeness (QED) is 0.175. The Hall–Kier alpha value is -5.12. The number of aromatic nitrogens is 6. The molecule has 1 unspecified atom stereocenters. The van der Waals surface area contributed by atoms with Gasteiger partial charge in [0, 0.05) is 89.9 Å². The van der Waals surface area contributed by atoms with E-state index < -0.39 is 6.10 Å². The molecule has 61 heavy (non-hydrogen) atoms. The number of fused-ring (bicyclic) bond motifs is 4. The van der Waals surface area contributed by atoms with Crippen LogP contribution in [0.15, 0.2) is 55.0 Å². The molecule has 8 heterocycles. The first-order valence-electron chi connectivity index (χ1n) is 22.0. The van der Waals surface area contributed by atoms with Crippen molar-refractivity contribution in [2.24, 2.45) is 0 Å². The van der Waals surface area contributed by atoms with Crippen molar-refractivity contribution in [1.29, 1.82) is 0 Å². The lowest BCUT2D eigenvalue weighted by atomic mass is 9.91. The molecule has 1 atom stereocenters. The van der Waals surface area contributed by atoms with Crippen LogP contribution in [0.4, 0.5) is 8.78 Å². The Labute approximate surface area is 352 Å². The van der Waals surface area contributed by atoms with Crippen LogP contribution in [0.5, 0.6) is 0 Å². The second kappa shape index (κ2) is 17.7. The predicted octanol–water partition coefficient (Wildman–Crippen LogP) is 6.67. The Balaban J connectivity index is 0.000000156. The minimum Gasteiger partial charge on any atom is -0.385 e. The van der Waals surface area contributed by atoms with Crippen LogP contribution < -0.4 is 11.1 Å². The van der Waals surface area contributed by atoms with E-state index in [1.807, 2.05) is 18.4 Å². The summed E-state index contributed by atoms with van der Waals surface area (Å²) in [4.78, 5) is 39.9. The molecule has 4 aromatic heterocycles. The molecule has 0 spiro atoms. The van der Waals surface area contributed by atoms with Gasteiger partial charge in [0.15, 0.2) is 11.2 Å². The zero-order chi connectivity index (χ0) is 42.2. The van der Waals surface area contributed by atoms with Crippen molar-refractivity contribution in [2.75, 3.05) is 39.3 Å². The summed E-state index contributed by atoms with van der Waals surface area (Å²) in [6.45, 7) is 10.7. The van der Waals surface area contributed by atoms with E-state index in [1.165, 1.54) is 24.3 Å². The van der Waals surface area contributed by atoms with Gasteiger partial charge in [-0.15, -0.1) is 0 Å². The van der Waals surface area contributed by atoms with Gasteiger partial charge >= 0.3 is 0 Å². The summed E-state index contributed by atoms with van der Waals surface area (Å²) in [5.74, 6) is 1.46. The Morgan fingerprint density at radius 3 is 1.72 bits per heavy atom. The molecule has 4 aliphatic rings. The maximum atomic E-state index is 13.4. The number of benzene rings is 2. The number of piperidine rings is 2. The van der Waals surface area contributed by atoms with Gasteiger partial charge in [-0.2, -0.15) is 0 Å². The molecular formula is C46H54F2N8O5. The summed E-state index contributed by atoms with van der Waals surface area (Å²) in [7, 11) is 0. The Morgan fingerprint density at radius 2 is 1.16 bits per heavy atom. The van der Waals surface area contributed by atoms with E-state index in [0.717, 1.165) is 154 Å². The van der Waals surface area contributed by atoms with E-state index in [1.54, 1.807) is 16.7 Å². The van der Waals surface area contributed by atoms with E-state index in [4.69, 9.17) is 14.0 Å². The SMILES string of the molecule is Cc1nc2n(c(=O)c1CCN1CCC(c3noc4cc(F)ccc34)CC1)CCCC2.Cc1nc2n(c(=O)c1CCN1CCC(c3noc4cc(F)ccc34)CC1)CCCC2O. The van der Waals surface area contributed by atoms with Crippen molar-refractivity contribution in [3.05, 3.63) is 114 Å². The molecule has 4 aliphatic heterocycles. The lowest BCUT2D eigenvalue weighted by Gasteiger charge is -2.31. The highest BCUT2D eigenvalue weighted by atomic mass is 19.1. The van der Waals surface area contributed by atoms with Crippen LogP contribution in [0.2, 0.25) is 0 Å². The van der Waals surface area contributed by atoms with Gasteiger partial charge in [-0.1, -0.05) is 10.3 Å². The smallest absolute Gasteiger partial charge is 0.257 e. The monoisotopic (exact) mass is 836 g/mol. The fraction of sp³-hybridized carbons (Fsp3) is 0.522. The van der Waals surface area contributed by atoms with E-state index >= 15 is 0 Å². The minimum atomic E-state index is -0.641. The van der Waals surface area contributed by atoms with Gasteiger partial charge in [0.1, 0.15) is 29.4 Å². The summed E-state index contributed by atoms with van der Waals surface area (Å²) in [6, 6.07) is 9.21. The number of aryl methyl sites for hydroxylation is 3. The fourth-order valence-electron chi connectivity index (χ4n) is 9.92. The third kappa shape index (κ3) is 8.56. The molecule has 2 fully saturated rings. The van der Waals surface area contributed by atoms with Gasteiger partial charge in [-0.05, 0) is 129 Å². The van der Waals surface area contributed by atoms with Crippen LogP contribution in [-0.2, 0) is 32.4 Å². The molecule has 0 saturated carbocycles. The first-order chi connectivity index (χ1) is 29.6.